The number of aliphatic hydroxyl groups is 2. The summed E-state index contributed by atoms with van der Waals surface area (Å²) in [4.78, 5) is 3.73. The topological polar surface area (TPSA) is 65.4 Å². The third-order valence-electron chi connectivity index (χ3n) is 3.85. The van der Waals surface area contributed by atoms with Crippen molar-refractivity contribution < 1.29 is 15.6 Å². The molecule has 2 N–H and O–H groups in total. The van der Waals surface area contributed by atoms with Crippen LogP contribution in [0.25, 0.3) is 0 Å². The minimum absolute atomic E-state index is 0.473. The van der Waals surface area contributed by atoms with Gasteiger partial charge >= 0.3 is 143 Å². The van der Waals surface area contributed by atoms with Crippen LogP contribution in [0.5, 0.6) is 0 Å². The Morgan fingerprint density at radius 2 is 1.00 bits per heavy atom. The second-order valence-corrected chi connectivity index (χ2v) is 7.06. The summed E-state index contributed by atoms with van der Waals surface area (Å²) in [6, 6.07) is 0. The molecule has 0 saturated carbocycles. The van der Waals surface area contributed by atoms with Gasteiger partial charge in [0.05, 0.1) is 0 Å². The van der Waals surface area contributed by atoms with Crippen molar-refractivity contribution in [2.24, 2.45) is 0 Å². The van der Waals surface area contributed by atoms with E-state index in [4.69, 9.17) is 5.37 Å². The van der Waals surface area contributed by atoms with Crippen molar-refractivity contribution >= 4 is 25.1 Å². The van der Waals surface area contributed by atoms with Crippen LogP contribution >= 0.6 is 0 Å². The molecule has 0 saturated heterocycles. The molecule has 6 nitrogen and oxygen atoms in total. The van der Waals surface area contributed by atoms with Crippen molar-refractivity contribution in [3.8, 4) is 0 Å². The van der Waals surface area contributed by atoms with E-state index in [1.54, 1.807) is 0 Å². The zero-order valence-corrected chi connectivity index (χ0v) is 18.2. The number of hydrogen-bond donors (Lipinski definition) is 2. The molecule has 0 amide bonds. The van der Waals surface area contributed by atoms with E-state index in [2.05, 4.69) is 0 Å². The average molecular weight is 500 g/mol. The van der Waals surface area contributed by atoms with Gasteiger partial charge in [-0.1, -0.05) is 0 Å². The molecule has 0 aromatic rings. The van der Waals surface area contributed by atoms with Gasteiger partial charge in [-0.05, 0) is 0 Å². The van der Waals surface area contributed by atoms with E-state index >= 15 is 0 Å². The van der Waals surface area contributed by atoms with Crippen molar-refractivity contribution in [2.75, 3.05) is 26.2 Å². The molecule has 0 bridgehead atoms. The first kappa shape index (κ1) is 21.7. The fourth-order valence-electron chi connectivity index (χ4n) is 2.31. The fraction of sp³-hybridized carbons (Fsp3) is 1.00. The Bertz CT molecular complexity index is 252. The van der Waals surface area contributed by atoms with Gasteiger partial charge in [0, 0.05) is 0 Å². The Kier molecular flexibility index (Phi) is 10.8. The molecule has 0 aliphatic carbocycles. The Balaban J connectivity index is 4.68. The van der Waals surface area contributed by atoms with E-state index < -0.39 is 37.0 Å². The van der Waals surface area contributed by atoms with Crippen LogP contribution in [0.1, 0.15) is 54.4 Å². The average Bonchev–Trinajstić information content (AvgIpc) is 2.49. The molecule has 2 radical (unpaired) electrons. The first-order valence-electron chi connectivity index (χ1n) is 7.93. The van der Waals surface area contributed by atoms with E-state index in [0.717, 1.165) is 0 Å². The minimum atomic E-state index is -2.07. The van der Waals surface area contributed by atoms with Gasteiger partial charge in [0.1, 0.15) is 0 Å². The van der Waals surface area contributed by atoms with Crippen molar-refractivity contribution in [1.82, 2.24) is 9.80 Å². The van der Waals surface area contributed by atoms with Crippen LogP contribution in [0.4, 0.5) is 0 Å². The van der Waals surface area contributed by atoms with E-state index in [9.17, 15) is 10.2 Å². The predicted molar refractivity (Wildman–Crippen MR) is 84.2 cm³/mol. The summed E-state index contributed by atoms with van der Waals surface area (Å²) in [6.07, 6.45) is 0.946. The third kappa shape index (κ3) is 6.00. The van der Waals surface area contributed by atoms with Crippen LogP contribution in [0.3, 0.4) is 0 Å². The molecular weight excluding hydrogens is 467 g/mol. The summed E-state index contributed by atoms with van der Waals surface area (Å²) in [5, 5.41) is 21.2. The van der Waals surface area contributed by atoms with Crippen LogP contribution < -0.4 is 0 Å². The number of rotatable bonds is 12. The number of nitrogens with zero attached hydrogens (tertiary/aromatic N) is 2. The normalized spacial score (nSPS) is 18.0. The molecule has 0 aliphatic rings. The number of hydrogen-bond acceptors (Lipinski definition) is 6. The van der Waals surface area contributed by atoms with Crippen LogP contribution in [0.15, 0.2) is 0 Å². The fourth-order valence-corrected chi connectivity index (χ4v) is 5.64. The molecule has 0 aromatic carbocycles. The predicted octanol–water partition coefficient (Wildman–Crippen LogP) is 1.35. The summed E-state index contributed by atoms with van der Waals surface area (Å²) in [5.74, 6) is -2.55. The second kappa shape index (κ2) is 10.5. The molecule has 0 aliphatic heterocycles. The van der Waals surface area contributed by atoms with Crippen LogP contribution in [-0.4, -0.2) is 83.2 Å². The Morgan fingerprint density at radius 3 is 1.19 bits per heavy atom. The van der Waals surface area contributed by atoms with Crippen molar-refractivity contribution in [2.45, 2.75) is 66.2 Å². The standard InChI is InChI=1S/2C7H16NO2.Pb/c2*1-4-7(9,10)8(5-2)6-3;/h2*9H,4-6H2,1-3H3;/q2*-1;+2. The zero-order chi connectivity index (χ0) is 16.5. The Labute approximate surface area is 142 Å². The molecular formula is C14H32N2O4Pb. The quantitative estimate of drug-likeness (QED) is 0.312. The van der Waals surface area contributed by atoms with Gasteiger partial charge in [-0.3, -0.25) is 0 Å². The summed E-state index contributed by atoms with van der Waals surface area (Å²) in [7, 11) is 0. The van der Waals surface area contributed by atoms with Crippen LogP contribution in [0.2, 0.25) is 0 Å². The molecule has 7 heteroatoms. The Morgan fingerprint density at radius 1 is 0.714 bits per heavy atom. The van der Waals surface area contributed by atoms with E-state index in [1.165, 1.54) is 0 Å². The Hall–Kier alpha value is 0.682. The molecule has 0 fully saturated rings. The first-order valence-corrected chi connectivity index (χ1v) is 11.1. The summed E-state index contributed by atoms with van der Waals surface area (Å²) < 4.78 is 11.5. The maximum absolute atomic E-state index is 10.6. The molecule has 21 heavy (non-hydrogen) atoms. The van der Waals surface area contributed by atoms with Crippen molar-refractivity contribution in [3.63, 3.8) is 0 Å². The van der Waals surface area contributed by atoms with Gasteiger partial charge in [0.15, 0.2) is 0 Å². The summed E-state index contributed by atoms with van der Waals surface area (Å²) in [6.45, 7) is 14.5. The third-order valence-corrected chi connectivity index (χ3v) is 7.04. The molecule has 2 atom stereocenters. The zero-order valence-electron chi connectivity index (χ0n) is 14.3. The van der Waals surface area contributed by atoms with Gasteiger partial charge in [-0.15, -0.1) is 0 Å². The molecule has 0 aromatic heterocycles. The molecule has 0 spiro atoms. The van der Waals surface area contributed by atoms with Gasteiger partial charge in [-0.25, -0.2) is 0 Å². The summed E-state index contributed by atoms with van der Waals surface area (Å²) in [5.41, 5.74) is 0. The van der Waals surface area contributed by atoms with Gasteiger partial charge in [-0.2, -0.15) is 0 Å². The second-order valence-electron chi connectivity index (χ2n) is 4.83. The van der Waals surface area contributed by atoms with E-state index in [1.807, 2.05) is 51.3 Å². The van der Waals surface area contributed by atoms with Gasteiger partial charge < -0.3 is 0 Å². The van der Waals surface area contributed by atoms with E-state index in [0.29, 0.717) is 39.0 Å². The van der Waals surface area contributed by atoms with Crippen LogP contribution in [0, 0.1) is 0 Å². The maximum atomic E-state index is 10.6. The van der Waals surface area contributed by atoms with Gasteiger partial charge in [0.25, 0.3) is 0 Å². The monoisotopic (exact) mass is 500 g/mol. The molecule has 0 rings (SSSR count). The molecule has 126 valence electrons. The first-order chi connectivity index (χ1) is 9.87. The van der Waals surface area contributed by atoms with Crippen molar-refractivity contribution in [3.05, 3.63) is 0 Å². The SMILES string of the molecule is CCN(CC)C(O)(CC)[O][Pb][O]C(O)(CC)N(CC)CC. The molecule has 2 unspecified atom stereocenters. The van der Waals surface area contributed by atoms with Crippen molar-refractivity contribution in [1.29, 1.82) is 0 Å². The van der Waals surface area contributed by atoms with E-state index in [-0.39, 0.29) is 0 Å². The molecule has 0 heterocycles. The summed E-state index contributed by atoms with van der Waals surface area (Å²) >= 11 is -2.07. The van der Waals surface area contributed by atoms with Gasteiger partial charge in [0.2, 0.25) is 0 Å². The van der Waals surface area contributed by atoms with Crippen LogP contribution in [-0.2, 0) is 5.37 Å².